The van der Waals surface area contributed by atoms with Gasteiger partial charge in [-0.15, -0.1) is 0 Å². The van der Waals surface area contributed by atoms with E-state index in [1.807, 2.05) is 6.92 Å². The Morgan fingerprint density at radius 1 is 1.26 bits per heavy atom. The molecule has 19 heavy (non-hydrogen) atoms. The predicted molar refractivity (Wildman–Crippen MR) is 70.7 cm³/mol. The molecule has 2 aromatic rings. The van der Waals surface area contributed by atoms with E-state index in [-0.39, 0.29) is 16.9 Å². The van der Waals surface area contributed by atoms with E-state index >= 15 is 0 Å². The Labute approximate surface area is 113 Å². The van der Waals surface area contributed by atoms with Crippen molar-refractivity contribution in [2.45, 2.75) is 13.8 Å². The number of hydrogen-bond acceptors (Lipinski definition) is 6. The van der Waals surface area contributed by atoms with Crippen molar-refractivity contribution >= 4 is 28.9 Å². The number of halogens is 1. The normalized spacial score (nSPS) is 10.3. The molecule has 1 aromatic heterocycles. The van der Waals surface area contributed by atoms with Gasteiger partial charge < -0.3 is 5.32 Å². The average Bonchev–Trinajstić information content (AvgIpc) is 2.30. The second-order valence-electron chi connectivity index (χ2n) is 3.86. The van der Waals surface area contributed by atoms with E-state index in [4.69, 9.17) is 11.6 Å². The summed E-state index contributed by atoms with van der Waals surface area (Å²) in [6.45, 7) is 3.50. The van der Waals surface area contributed by atoms with Crippen molar-refractivity contribution in [3.63, 3.8) is 0 Å². The SMILES string of the molecule is Cc1nc(Cl)nc(Nc2cc([N+](=O)[O-])ccc2C)n1. The summed E-state index contributed by atoms with van der Waals surface area (Å²) in [6.07, 6.45) is 0. The number of anilines is 2. The number of non-ortho nitro benzene ring substituents is 1. The van der Waals surface area contributed by atoms with E-state index in [1.54, 1.807) is 13.0 Å². The Kier molecular flexibility index (Phi) is 3.57. The highest BCUT2D eigenvalue weighted by Crippen LogP contribution is 2.24. The van der Waals surface area contributed by atoms with Gasteiger partial charge in [-0.05, 0) is 31.0 Å². The van der Waals surface area contributed by atoms with E-state index < -0.39 is 4.92 Å². The summed E-state index contributed by atoms with van der Waals surface area (Å²) in [5.41, 5.74) is 1.38. The summed E-state index contributed by atoms with van der Waals surface area (Å²) < 4.78 is 0. The van der Waals surface area contributed by atoms with Gasteiger partial charge in [-0.2, -0.15) is 9.97 Å². The lowest BCUT2D eigenvalue weighted by Crippen LogP contribution is -2.02. The largest absolute Gasteiger partial charge is 0.324 e. The number of benzene rings is 1. The standard InChI is InChI=1S/C11H10ClN5O2/c1-6-3-4-8(17(18)19)5-9(6)15-11-14-7(2)13-10(12)16-11/h3-5H,1-2H3,(H,13,14,15,16). The van der Waals surface area contributed by atoms with Gasteiger partial charge in [0.15, 0.2) is 0 Å². The topological polar surface area (TPSA) is 93.8 Å². The van der Waals surface area contributed by atoms with Gasteiger partial charge in [0, 0.05) is 12.1 Å². The molecule has 0 aliphatic heterocycles. The molecule has 98 valence electrons. The minimum absolute atomic E-state index is 0.00928. The van der Waals surface area contributed by atoms with E-state index in [1.165, 1.54) is 12.1 Å². The Balaban J connectivity index is 2.37. The highest BCUT2D eigenvalue weighted by atomic mass is 35.5. The number of nitro benzene ring substituents is 1. The predicted octanol–water partition coefficient (Wildman–Crippen LogP) is 2.79. The van der Waals surface area contributed by atoms with Gasteiger partial charge in [0.2, 0.25) is 11.2 Å². The lowest BCUT2D eigenvalue weighted by Gasteiger charge is -2.08. The fourth-order valence-corrected chi connectivity index (χ4v) is 1.69. The molecule has 2 rings (SSSR count). The van der Waals surface area contributed by atoms with Gasteiger partial charge in [0.1, 0.15) is 5.82 Å². The maximum atomic E-state index is 10.7. The van der Waals surface area contributed by atoms with E-state index in [0.29, 0.717) is 11.5 Å². The van der Waals surface area contributed by atoms with Crippen LogP contribution in [0.2, 0.25) is 5.28 Å². The van der Waals surface area contributed by atoms with Crippen LogP contribution in [-0.2, 0) is 0 Å². The third kappa shape index (κ3) is 3.14. The van der Waals surface area contributed by atoms with Crippen LogP contribution in [0.1, 0.15) is 11.4 Å². The van der Waals surface area contributed by atoms with E-state index in [9.17, 15) is 10.1 Å². The number of aromatic nitrogens is 3. The minimum atomic E-state index is -0.462. The number of nitrogens with one attached hydrogen (secondary N) is 1. The van der Waals surface area contributed by atoms with Crippen molar-refractivity contribution in [3.05, 3.63) is 45.0 Å². The maximum Gasteiger partial charge on any atom is 0.271 e. The van der Waals surface area contributed by atoms with E-state index in [2.05, 4.69) is 20.3 Å². The van der Waals surface area contributed by atoms with Crippen LogP contribution in [0.4, 0.5) is 17.3 Å². The molecule has 0 bridgehead atoms. The number of hydrogen-bond donors (Lipinski definition) is 1. The first kappa shape index (κ1) is 13.2. The summed E-state index contributed by atoms with van der Waals surface area (Å²) in [5, 5.41) is 13.7. The van der Waals surface area contributed by atoms with Gasteiger partial charge in [-0.1, -0.05) is 6.07 Å². The molecule has 1 heterocycles. The van der Waals surface area contributed by atoms with Crippen molar-refractivity contribution in [2.75, 3.05) is 5.32 Å². The average molecular weight is 280 g/mol. The molecule has 1 N–H and O–H groups in total. The Morgan fingerprint density at radius 2 is 2.00 bits per heavy atom. The number of nitro groups is 1. The van der Waals surface area contributed by atoms with Crippen LogP contribution in [0.25, 0.3) is 0 Å². The second-order valence-corrected chi connectivity index (χ2v) is 4.19. The van der Waals surface area contributed by atoms with Crippen LogP contribution in [-0.4, -0.2) is 19.9 Å². The molecule has 0 aliphatic rings. The van der Waals surface area contributed by atoms with Crippen LogP contribution in [0, 0.1) is 24.0 Å². The molecule has 0 amide bonds. The van der Waals surface area contributed by atoms with Crippen molar-refractivity contribution in [3.8, 4) is 0 Å². The smallest absolute Gasteiger partial charge is 0.271 e. The Morgan fingerprint density at radius 3 is 2.63 bits per heavy atom. The maximum absolute atomic E-state index is 10.7. The van der Waals surface area contributed by atoms with Gasteiger partial charge >= 0.3 is 0 Å². The summed E-state index contributed by atoms with van der Waals surface area (Å²) in [6, 6.07) is 4.50. The fourth-order valence-electron chi connectivity index (χ4n) is 1.48. The van der Waals surface area contributed by atoms with Gasteiger partial charge in [0.05, 0.1) is 10.6 Å². The van der Waals surface area contributed by atoms with Crippen LogP contribution < -0.4 is 5.32 Å². The van der Waals surface area contributed by atoms with Crippen LogP contribution in [0.5, 0.6) is 0 Å². The molecule has 0 radical (unpaired) electrons. The number of aryl methyl sites for hydroxylation is 2. The minimum Gasteiger partial charge on any atom is -0.324 e. The quantitative estimate of drug-likeness (QED) is 0.686. The molecule has 0 saturated heterocycles. The zero-order valence-corrected chi connectivity index (χ0v) is 11.0. The lowest BCUT2D eigenvalue weighted by molar-refractivity contribution is -0.384. The molecule has 0 unspecified atom stereocenters. The number of nitrogens with zero attached hydrogens (tertiary/aromatic N) is 4. The molecule has 0 saturated carbocycles. The third-order valence-corrected chi connectivity index (χ3v) is 2.57. The first-order valence-electron chi connectivity index (χ1n) is 5.36. The molecular weight excluding hydrogens is 270 g/mol. The van der Waals surface area contributed by atoms with E-state index in [0.717, 1.165) is 5.56 Å². The monoisotopic (exact) mass is 279 g/mol. The van der Waals surface area contributed by atoms with Crippen LogP contribution in [0.15, 0.2) is 18.2 Å². The van der Waals surface area contributed by atoms with Crippen molar-refractivity contribution in [1.29, 1.82) is 0 Å². The fraction of sp³-hybridized carbons (Fsp3) is 0.182. The van der Waals surface area contributed by atoms with Gasteiger partial charge in [-0.3, -0.25) is 10.1 Å². The van der Waals surface area contributed by atoms with Gasteiger partial charge in [0.25, 0.3) is 5.69 Å². The molecular formula is C11H10ClN5O2. The zero-order chi connectivity index (χ0) is 14.0. The molecule has 0 spiro atoms. The molecule has 7 nitrogen and oxygen atoms in total. The summed E-state index contributed by atoms with van der Waals surface area (Å²) in [7, 11) is 0. The first-order chi connectivity index (χ1) is 8.95. The van der Waals surface area contributed by atoms with Crippen molar-refractivity contribution < 1.29 is 4.92 Å². The van der Waals surface area contributed by atoms with Crippen molar-refractivity contribution in [1.82, 2.24) is 15.0 Å². The zero-order valence-electron chi connectivity index (χ0n) is 10.2. The summed E-state index contributed by atoms with van der Waals surface area (Å²) in [4.78, 5) is 22.1. The number of rotatable bonds is 3. The van der Waals surface area contributed by atoms with Crippen LogP contribution >= 0.6 is 11.6 Å². The second kappa shape index (κ2) is 5.15. The highest BCUT2D eigenvalue weighted by Gasteiger charge is 2.10. The summed E-state index contributed by atoms with van der Waals surface area (Å²) in [5.74, 6) is 0.715. The lowest BCUT2D eigenvalue weighted by atomic mass is 10.2. The third-order valence-electron chi connectivity index (χ3n) is 2.40. The highest BCUT2D eigenvalue weighted by molar-refractivity contribution is 6.28. The Bertz CT molecular complexity index is 627. The molecule has 1 aromatic carbocycles. The van der Waals surface area contributed by atoms with Gasteiger partial charge in [-0.25, -0.2) is 4.98 Å². The van der Waals surface area contributed by atoms with Crippen molar-refractivity contribution in [2.24, 2.45) is 0 Å². The van der Waals surface area contributed by atoms with Crippen LogP contribution in [0.3, 0.4) is 0 Å². The molecule has 0 fully saturated rings. The first-order valence-corrected chi connectivity index (χ1v) is 5.74. The molecule has 8 heteroatoms. The molecule has 0 atom stereocenters. The summed E-state index contributed by atoms with van der Waals surface area (Å²) >= 11 is 5.73. The molecule has 0 aliphatic carbocycles. The Hall–Kier alpha value is -2.28.